The van der Waals surface area contributed by atoms with Gasteiger partial charge in [0.2, 0.25) is 0 Å². The van der Waals surface area contributed by atoms with Gasteiger partial charge in [0.25, 0.3) is 0 Å². The summed E-state index contributed by atoms with van der Waals surface area (Å²) in [7, 11) is 3.33. The van der Waals surface area contributed by atoms with Crippen molar-refractivity contribution in [2.45, 2.75) is 6.42 Å². The second-order valence-electron chi connectivity index (χ2n) is 8.59. The molecule has 4 aromatic rings. The highest BCUT2D eigenvalue weighted by Gasteiger charge is 2.22. The van der Waals surface area contributed by atoms with Gasteiger partial charge in [-0.3, -0.25) is 10.1 Å². The maximum atomic E-state index is 5.66. The summed E-state index contributed by atoms with van der Waals surface area (Å²) in [5, 5.41) is 6.86. The van der Waals surface area contributed by atoms with Crippen molar-refractivity contribution in [3.63, 3.8) is 0 Å². The summed E-state index contributed by atoms with van der Waals surface area (Å²) in [6, 6.07) is 12.1. The van der Waals surface area contributed by atoms with Crippen molar-refractivity contribution >= 4 is 22.4 Å². The fraction of sp³-hybridized carbons (Fsp3) is 0.296. The molecule has 1 fully saturated rings. The molecule has 1 atom stereocenters. The Balaban J connectivity index is 1.52. The van der Waals surface area contributed by atoms with Gasteiger partial charge < -0.3 is 19.3 Å². The van der Waals surface area contributed by atoms with Gasteiger partial charge in [-0.1, -0.05) is 0 Å². The van der Waals surface area contributed by atoms with Crippen LogP contribution in [0.4, 0.5) is 11.4 Å². The Labute approximate surface area is 204 Å². The highest BCUT2D eigenvalue weighted by molar-refractivity contribution is 5.82. The van der Waals surface area contributed by atoms with Gasteiger partial charge in [0, 0.05) is 66.9 Å². The number of H-pyrrole nitrogens is 1. The number of hydrogen-bond donors (Lipinski definition) is 1. The number of methoxy groups -OCH3 is 2. The van der Waals surface area contributed by atoms with Crippen LogP contribution in [0.3, 0.4) is 0 Å². The molecule has 2 aromatic carbocycles. The van der Waals surface area contributed by atoms with Crippen LogP contribution in [0.15, 0.2) is 55.0 Å². The SMILES string of the molecule is C#CC1CCN(CCN(c2cc(OC)cc(OC)c2)c2ccc3ncc(-c4cn[nH]c4)nc3c2)C1. The molecule has 3 heterocycles. The summed E-state index contributed by atoms with van der Waals surface area (Å²) in [4.78, 5) is 14.1. The van der Waals surface area contributed by atoms with E-state index >= 15 is 0 Å². The quantitative estimate of drug-likeness (QED) is 0.390. The molecule has 0 saturated carbocycles. The molecule has 1 saturated heterocycles. The van der Waals surface area contributed by atoms with E-state index in [9.17, 15) is 0 Å². The topological polar surface area (TPSA) is 79.4 Å². The molecule has 178 valence electrons. The van der Waals surface area contributed by atoms with Crippen LogP contribution < -0.4 is 14.4 Å². The zero-order valence-corrected chi connectivity index (χ0v) is 19.9. The first-order valence-electron chi connectivity index (χ1n) is 11.6. The van der Waals surface area contributed by atoms with Crippen LogP contribution in [0.1, 0.15) is 6.42 Å². The van der Waals surface area contributed by atoms with E-state index in [1.54, 1.807) is 26.6 Å². The fourth-order valence-electron chi connectivity index (χ4n) is 4.47. The first-order chi connectivity index (χ1) is 17.2. The van der Waals surface area contributed by atoms with Crippen LogP contribution >= 0.6 is 0 Å². The molecule has 5 rings (SSSR count). The van der Waals surface area contributed by atoms with Crippen LogP contribution in [-0.4, -0.2) is 65.5 Å². The van der Waals surface area contributed by atoms with Crippen molar-refractivity contribution in [3.8, 4) is 35.1 Å². The lowest BCUT2D eigenvalue weighted by Crippen LogP contribution is -2.31. The molecule has 1 unspecified atom stereocenters. The van der Waals surface area contributed by atoms with Crippen molar-refractivity contribution < 1.29 is 9.47 Å². The summed E-state index contributed by atoms with van der Waals surface area (Å²) < 4.78 is 11.1. The Morgan fingerprint density at radius 3 is 2.60 bits per heavy atom. The van der Waals surface area contributed by atoms with Crippen molar-refractivity contribution in [1.29, 1.82) is 0 Å². The number of terminal acetylenes is 1. The minimum atomic E-state index is 0.331. The summed E-state index contributed by atoms with van der Waals surface area (Å²) >= 11 is 0. The van der Waals surface area contributed by atoms with Gasteiger partial charge >= 0.3 is 0 Å². The summed E-state index contributed by atoms with van der Waals surface area (Å²) in [6.45, 7) is 3.61. The minimum Gasteiger partial charge on any atom is -0.497 e. The molecule has 1 N–H and O–H groups in total. The van der Waals surface area contributed by atoms with Crippen LogP contribution in [0, 0.1) is 18.3 Å². The molecule has 1 aliphatic rings. The Morgan fingerprint density at radius 2 is 1.91 bits per heavy atom. The van der Waals surface area contributed by atoms with Crippen molar-refractivity contribution in [2.24, 2.45) is 5.92 Å². The van der Waals surface area contributed by atoms with Gasteiger partial charge in [0.1, 0.15) is 11.5 Å². The van der Waals surface area contributed by atoms with Gasteiger partial charge in [0.15, 0.2) is 0 Å². The maximum Gasteiger partial charge on any atom is 0.124 e. The van der Waals surface area contributed by atoms with E-state index in [4.69, 9.17) is 20.9 Å². The predicted octanol–water partition coefficient (Wildman–Crippen LogP) is 4.13. The fourth-order valence-corrected chi connectivity index (χ4v) is 4.47. The van der Waals surface area contributed by atoms with Gasteiger partial charge in [-0.25, -0.2) is 4.98 Å². The lowest BCUT2D eigenvalue weighted by atomic mass is 10.1. The third kappa shape index (κ3) is 4.91. The highest BCUT2D eigenvalue weighted by Crippen LogP contribution is 2.34. The van der Waals surface area contributed by atoms with Gasteiger partial charge in [-0.05, 0) is 31.2 Å². The molecule has 8 nitrogen and oxygen atoms in total. The van der Waals surface area contributed by atoms with Gasteiger partial charge in [-0.15, -0.1) is 12.3 Å². The molecule has 0 radical (unpaired) electrons. The number of rotatable bonds is 8. The number of aromatic amines is 1. The Kier molecular flexibility index (Phi) is 6.51. The summed E-state index contributed by atoms with van der Waals surface area (Å²) in [6.07, 6.45) is 12.0. The third-order valence-electron chi connectivity index (χ3n) is 6.43. The molecule has 0 amide bonds. The molecule has 0 spiro atoms. The standard InChI is InChI=1S/C27H28N6O2/c1-4-19-7-8-32(18-19)9-10-33(22-11-23(34-2)14-24(12-22)35-3)21-5-6-25-26(13-21)31-27(17-28-25)20-15-29-30-16-20/h1,5-6,11-17,19H,7-10,18H2,2-3H3,(H,29,30). The van der Waals surface area contributed by atoms with E-state index in [-0.39, 0.29) is 0 Å². The van der Waals surface area contributed by atoms with Crippen LogP contribution in [0.2, 0.25) is 0 Å². The second-order valence-corrected chi connectivity index (χ2v) is 8.59. The van der Waals surface area contributed by atoms with Crippen LogP contribution in [0.25, 0.3) is 22.3 Å². The molecule has 2 aromatic heterocycles. The zero-order chi connectivity index (χ0) is 24.2. The Bertz CT molecular complexity index is 1330. The monoisotopic (exact) mass is 468 g/mol. The molecule has 8 heteroatoms. The first-order valence-corrected chi connectivity index (χ1v) is 11.6. The number of anilines is 2. The predicted molar refractivity (Wildman–Crippen MR) is 137 cm³/mol. The van der Waals surface area contributed by atoms with Crippen LogP contribution in [-0.2, 0) is 0 Å². The summed E-state index contributed by atoms with van der Waals surface area (Å²) in [5.41, 5.74) is 5.31. The lowest BCUT2D eigenvalue weighted by molar-refractivity contribution is 0.342. The number of fused-ring (bicyclic) bond motifs is 1. The van der Waals surface area contributed by atoms with E-state index in [0.717, 1.165) is 77.8 Å². The van der Waals surface area contributed by atoms with E-state index in [0.29, 0.717) is 5.92 Å². The van der Waals surface area contributed by atoms with Crippen LogP contribution in [0.5, 0.6) is 11.5 Å². The molecule has 35 heavy (non-hydrogen) atoms. The molecule has 0 bridgehead atoms. The number of likely N-dealkylation sites (tertiary alicyclic amines) is 1. The second kappa shape index (κ2) is 10.0. The normalized spacial score (nSPS) is 15.7. The third-order valence-corrected chi connectivity index (χ3v) is 6.43. The molecule has 1 aliphatic heterocycles. The van der Waals surface area contributed by atoms with Gasteiger partial charge in [0.05, 0.1) is 43.3 Å². The molecular formula is C27H28N6O2. The maximum absolute atomic E-state index is 5.66. The number of nitrogens with zero attached hydrogens (tertiary/aromatic N) is 5. The average molecular weight is 469 g/mol. The van der Waals surface area contributed by atoms with E-state index in [1.165, 1.54) is 0 Å². The number of aromatic nitrogens is 4. The first kappa shape index (κ1) is 22.7. The Hall–Kier alpha value is -4.09. The largest absolute Gasteiger partial charge is 0.497 e. The van der Waals surface area contributed by atoms with E-state index < -0.39 is 0 Å². The number of nitrogens with one attached hydrogen (secondary N) is 1. The number of hydrogen-bond acceptors (Lipinski definition) is 7. The molecule has 0 aliphatic carbocycles. The molecular weight excluding hydrogens is 440 g/mol. The number of ether oxygens (including phenoxy) is 2. The smallest absolute Gasteiger partial charge is 0.124 e. The summed E-state index contributed by atoms with van der Waals surface area (Å²) in [5.74, 6) is 4.71. The lowest BCUT2D eigenvalue weighted by Gasteiger charge is -2.28. The van der Waals surface area contributed by atoms with E-state index in [1.807, 2.05) is 30.5 Å². The minimum absolute atomic E-state index is 0.331. The zero-order valence-electron chi connectivity index (χ0n) is 19.9. The Morgan fingerprint density at radius 1 is 1.09 bits per heavy atom. The highest BCUT2D eigenvalue weighted by atomic mass is 16.5. The van der Waals surface area contributed by atoms with Gasteiger partial charge in [-0.2, -0.15) is 5.10 Å². The average Bonchev–Trinajstić information content (AvgIpc) is 3.60. The number of benzene rings is 2. The van der Waals surface area contributed by atoms with Crippen molar-refractivity contribution in [3.05, 3.63) is 55.0 Å². The van der Waals surface area contributed by atoms with Crippen molar-refractivity contribution in [1.82, 2.24) is 25.1 Å². The van der Waals surface area contributed by atoms with Crippen molar-refractivity contribution in [2.75, 3.05) is 45.3 Å². The van der Waals surface area contributed by atoms with E-state index in [2.05, 4.69) is 43.0 Å².